The minimum absolute atomic E-state index is 0.297. The molecule has 0 saturated heterocycles. The Morgan fingerprint density at radius 2 is 1.03 bits per heavy atom. The monoisotopic (exact) mass is 430 g/mol. The van der Waals surface area contributed by atoms with Gasteiger partial charge in [-0.2, -0.15) is 0 Å². The first-order valence-electron chi connectivity index (χ1n) is 13.6. The van der Waals surface area contributed by atoms with Crippen LogP contribution in [0, 0.1) is 23.7 Å². The van der Waals surface area contributed by atoms with Crippen molar-refractivity contribution in [2.24, 2.45) is 23.7 Å². The SMILES string of the molecule is CC1CCC(Cc2ccc(CCc3ccc(C(C)(C)C4CCC(C)CC4)cc3)cc2)CC1. The molecule has 0 heteroatoms. The Morgan fingerprint density at radius 1 is 0.594 bits per heavy atom. The summed E-state index contributed by atoms with van der Waals surface area (Å²) in [6, 6.07) is 19.2. The highest BCUT2D eigenvalue weighted by Gasteiger charge is 2.33. The summed E-state index contributed by atoms with van der Waals surface area (Å²) in [5.41, 5.74) is 6.32. The fraction of sp³-hybridized carbons (Fsp3) is 0.625. The lowest BCUT2D eigenvalue weighted by Crippen LogP contribution is -2.31. The van der Waals surface area contributed by atoms with Crippen molar-refractivity contribution in [2.45, 2.75) is 104 Å². The summed E-state index contributed by atoms with van der Waals surface area (Å²) in [7, 11) is 0. The van der Waals surface area contributed by atoms with E-state index in [0.29, 0.717) is 5.41 Å². The van der Waals surface area contributed by atoms with Crippen molar-refractivity contribution < 1.29 is 0 Å². The van der Waals surface area contributed by atoms with Gasteiger partial charge in [0.2, 0.25) is 0 Å². The fourth-order valence-electron chi connectivity index (χ4n) is 6.32. The summed E-state index contributed by atoms with van der Waals surface area (Å²) in [5.74, 6) is 3.62. The topological polar surface area (TPSA) is 0 Å². The molecule has 32 heavy (non-hydrogen) atoms. The van der Waals surface area contributed by atoms with Gasteiger partial charge < -0.3 is 0 Å². The van der Waals surface area contributed by atoms with Crippen LogP contribution in [-0.4, -0.2) is 0 Å². The van der Waals surface area contributed by atoms with Gasteiger partial charge in [0.05, 0.1) is 0 Å². The molecule has 0 aliphatic heterocycles. The first-order chi connectivity index (χ1) is 15.4. The molecule has 2 saturated carbocycles. The number of hydrogen-bond donors (Lipinski definition) is 0. The summed E-state index contributed by atoms with van der Waals surface area (Å²) >= 11 is 0. The van der Waals surface area contributed by atoms with Crippen LogP contribution in [0.5, 0.6) is 0 Å². The summed E-state index contributed by atoms with van der Waals surface area (Å²) in [5, 5.41) is 0. The van der Waals surface area contributed by atoms with Crippen LogP contribution >= 0.6 is 0 Å². The molecular formula is C32H46. The van der Waals surface area contributed by atoms with Crippen LogP contribution in [0.3, 0.4) is 0 Å². The molecule has 0 aromatic heterocycles. The average molecular weight is 431 g/mol. The largest absolute Gasteiger partial charge is 0.0625 e. The fourth-order valence-corrected chi connectivity index (χ4v) is 6.32. The average Bonchev–Trinajstić information content (AvgIpc) is 2.81. The zero-order chi connectivity index (χ0) is 22.6. The molecule has 2 aromatic carbocycles. The maximum absolute atomic E-state index is 2.47. The summed E-state index contributed by atoms with van der Waals surface area (Å²) in [6.45, 7) is 9.77. The zero-order valence-corrected chi connectivity index (χ0v) is 21.2. The highest BCUT2D eigenvalue weighted by atomic mass is 14.4. The molecule has 0 atom stereocenters. The molecule has 174 valence electrons. The lowest BCUT2D eigenvalue weighted by molar-refractivity contribution is 0.202. The molecule has 0 heterocycles. The van der Waals surface area contributed by atoms with Crippen LogP contribution in [0.1, 0.15) is 101 Å². The second-order valence-electron chi connectivity index (χ2n) is 12.0. The van der Waals surface area contributed by atoms with Gasteiger partial charge in [-0.15, -0.1) is 0 Å². The van der Waals surface area contributed by atoms with Gasteiger partial charge >= 0.3 is 0 Å². The van der Waals surface area contributed by atoms with E-state index in [-0.39, 0.29) is 0 Å². The third-order valence-corrected chi connectivity index (χ3v) is 9.12. The van der Waals surface area contributed by atoms with Crippen molar-refractivity contribution in [1.82, 2.24) is 0 Å². The zero-order valence-electron chi connectivity index (χ0n) is 21.2. The molecule has 0 amide bonds. The van der Waals surface area contributed by atoms with Crippen molar-refractivity contribution in [3.05, 3.63) is 70.8 Å². The molecule has 0 bridgehead atoms. The minimum atomic E-state index is 0.297. The Morgan fingerprint density at radius 3 is 1.56 bits per heavy atom. The van der Waals surface area contributed by atoms with Crippen molar-refractivity contribution in [3.8, 4) is 0 Å². The Balaban J connectivity index is 1.27. The van der Waals surface area contributed by atoms with Crippen LogP contribution in [-0.2, 0) is 24.7 Å². The van der Waals surface area contributed by atoms with Crippen molar-refractivity contribution in [1.29, 1.82) is 0 Å². The van der Waals surface area contributed by atoms with Crippen molar-refractivity contribution in [2.75, 3.05) is 0 Å². The van der Waals surface area contributed by atoms with Gasteiger partial charge in [0, 0.05) is 0 Å². The Bertz CT molecular complexity index is 809. The van der Waals surface area contributed by atoms with Gasteiger partial charge in [-0.1, -0.05) is 102 Å². The van der Waals surface area contributed by atoms with Gasteiger partial charge in [0.25, 0.3) is 0 Å². The lowest BCUT2D eigenvalue weighted by atomic mass is 9.66. The standard InChI is InChI=1S/C32H46/c1-24-5-9-28(10-6-24)23-29-15-13-26(14-16-29)11-12-27-17-21-31(22-18-27)32(3,4)30-19-7-25(2)8-20-30/h13-18,21-22,24-25,28,30H,5-12,19-20,23H2,1-4H3. The van der Waals surface area contributed by atoms with Gasteiger partial charge in [-0.3, -0.25) is 0 Å². The maximum atomic E-state index is 2.47. The molecule has 0 unspecified atom stereocenters. The predicted molar refractivity (Wildman–Crippen MR) is 139 cm³/mol. The second-order valence-corrected chi connectivity index (χ2v) is 12.0. The molecule has 2 aliphatic rings. The van der Waals surface area contributed by atoms with Gasteiger partial charge in [-0.05, 0) is 96.3 Å². The van der Waals surface area contributed by atoms with Crippen LogP contribution in [0.4, 0.5) is 0 Å². The Labute approximate surface area is 198 Å². The van der Waals surface area contributed by atoms with Crippen LogP contribution in [0.2, 0.25) is 0 Å². The molecule has 2 fully saturated rings. The number of benzene rings is 2. The number of hydrogen-bond acceptors (Lipinski definition) is 0. The number of aryl methyl sites for hydroxylation is 2. The second kappa shape index (κ2) is 10.6. The van der Waals surface area contributed by atoms with E-state index in [1.807, 2.05) is 0 Å². The van der Waals surface area contributed by atoms with E-state index in [2.05, 4.69) is 76.2 Å². The van der Waals surface area contributed by atoms with Crippen LogP contribution in [0.15, 0.2) is 48.5 Å². The van der Waals surface area contributed by atoms with Crippen molar-refractivity contribution >= 4 is 0 Å². The van der Waals surface area contributed by atoms with E-state index >= 15 is 0 Å². The molecule has 0 N–H and O–H groups in total. The molecule has 4 rings (SSSR count). The van der Waals surface area contributed by atoms with Crippen LogP contribution in [0.25, 0.3) is 0 Å². The van der Waals surface area contributed by atoms with E-state index < -0.39 is 0 Å². The van der Waals surface area contributed by atoms with Gasteiger partial charge in [0.15, 0.2) is 0 Å². The molecule has 0 nitrogen and oxygen atoms in total. The predicted octanol–water partition coefficient (Wildman–Crippen LogP) is 8.94. The van der Waals surface area contributed by atoms with E-state index in [1.54, 1.807) is 0 Å². The van der Waals surface area contributed by atoms with Gasteiger partial charge in [0.1, 0.15) is 0 Å². The highest BCUT2D eigenvalue weighted by Crippen LogP contribution is 2.42. The quantitative estimate of drug-likeness (QED) is 0.411. The van der Waals surface area contributed by atoms with E-state index in [0.717, 1.165) is 36.5 Å². The maximum Gasteiger partial charge on any atom is -0.00753 e. The third-order valence-electron chi connectivity index (χ3n) is 9.12. The smallest absolute Gasteiger partial charge is 0.00753 e. The molecule has 0 radical (unpaired) electrons. The first-order valence-corrected chi connectivity index (χ1v) is 13.6. The Kier molecular flexibility index (Phi) is 7.80. The van der Waals surface area contributed by atoms with Crippen LogP contribution < -0.4 is 0 Å². The minimum Gasteiger partial charge on any atom is -0.0625 e. The first kappa shape index (κ1) is 23.6. The van der Waals surface area contributed by atoms with Gasteiger partial charge in [-0.25, -0.2) is 0 Å². The summed E-state index contributed by atoms with van der Waals surface area (Å²) in [6.07, 6.45) is 14.9. The summed E-state index contributed by atoms with van der Waals surface area (Å²) in [4.78, 5) is 0. The normalized spacial score (nSPS) is 26.8. The highest BCUT2D eigenvalue weighted by molar-refractivity contribution is 5.30. The molecular weight excluding hydrogens is 384 g/mol. The third kappa shape index (κ3) is 6.06. The Hall–Kier alpha value is -1.56. The summed E-state index contributed by atoms with van der Waals surface area (Å²) < 4.78 is 0. The lowest BCUT2D eigenvalue weighted by Gasteiger charge is -2.39. The van der Waals surface area contributed by atoms with E-state index in [4.69, 9.17) is 0 Å². The van der Waals surface area contributed by atoms with E-state index in [1.165, 1.54) is 80.0 Å². The molecule has 0 spiro atoms. The van der Waals surface area contributed by atoms with E-state index in [9.17, 15) is 0 Å². The number of rotatable bonds is 7. The van der Waals surface area contributed by atoms with Crippen molar-refractivity contribution in [3.63, 3.8) is 0 Å². The molecule has 2 aromatic rings. The molecule has 2 aliphatic carbocycles.